The standard InChI is InChI=1S/C21H25N7O/c1-16-10-17(24-21-23-15-28(25-21)20-4-2-3-5-22-20)12-18(11-16)26-6-8-27(9-7-26)19-13-29-14-19/h2-5,10-12,15,19H,6-9,13-14H2,1H3,(H,24,25). The average molecular weight is 391 g/mol. The molecule has 5 rings (SSSR count). The molecule has 0 amide bonds. The summed E-state index contributed by atoms with van der Waals surface area (Å²) >= 11 is 0. The van der Waals surface area contributed by atoms with Crippen LogP contribution in [0.2, 0.25) is 0 Å². The van der Waals surface area contributed by atoms with Gasteiger partial charge in [-0.05, 0) is 42.8 Å². The maximum atomic E-state index is 5.34. The topological polar surface area (TPSA) is 71.3 Å². The number of aromatic nitrogens is 4. The SMILES string of the molecule is Cc1cc(Nc2ncn(-c3ccccn3)n2)cc(N2CCN(C3COC3)CC2)c1. The van der Waals surface area contributed by atoms with Gasteiger partial charge in [0.05, 0.1) is 19.3 Å². The van der Waals surface area contributed by atoms with Crippen molar-refractivity contribution in [1.29, 1.82) is 0 Å². The van der Waals surface area contributed by atoms with Gasteiger partial charge in [-0.3, -0.25) is 4.90 Å². The van der Waals surface area contributed by atoms with Crippen molar-refractivity contribution in [2.75, 3.05) is 49.6 Å². The Morgan fingerprint density at radius 2 is 1.90 bits per heavy atom. The second-order valence-corrected chi connectivity index (χ2v) is 7.60. The Hall–Kier alpha value is -2.97. The van der Waals surface area contributed by atoms with Crippen LogP contribution in [0.25, 0.3) is 5.82 Å². The van der Waals surface area contributed by atoms with Gasteiger partial charge in [-0.15, -0.1) is 5.10 Å². The predicted octanol–water partition coefficient (Wildman–Crippen LogP) is 2.24. The number of benzene rings is 1. The van der Waals surface area contributed by atoms with Crippen LogP contribution in [-0.4, -0.2) is 70.1 Å². The van der Waals surface area contributed by atoms with Gasteiger partial charge in [-0.1, -0.05) is 6.07 Å². The van der Waals surface area contributed by atoms with Gasteiger partial charge in [0.1, 0.15) is 6.33 Å². The van der Waals surface area contributed by atoms with E-state index in [0.29, 0.717) is 12.0 Å². The highest BCUT2D eigenvalue weighted by Gasteiger charge is 2.29. The van der Waals surface area contributed by atoms with E-state index >= 15 is 0 Å². The number of hydrogen-bond acceptors (Lipinski definition) is 7. The predicted molar refractivity (Wildman–Crippen MR) is 112 cm³/mol. The van der Waals surface area contributed by atoms with Gasteiger partial charge < -0.3 is 15.0 Å². The van der Waals surface area contributed by atoms with Gasteiger partial charge >= 0.3 is 0 Å². The number of piperazine rings is 1. The van der Waals surface area contributed by atoms with Crippen LogP contribution >= 0.6 is 0 Å². The minimum Gasteiger partial charge on any atom is -0.378 e. The van der Waals surface area contributed by atoms with Gasteiger partial charge in [0.25, 0.3) is 0 Å². The lowest BCUT2D eigenvalue weighted by Crippen LogP contribution is -2.56. The van der Waals surface area contributed by atoms with Crippen LogP contribution in [0.5, 0.6) is 0 Å². The summed E-state index contributed by atoms with van der Waals surface area (Å²) in [5.74, 6) is 1.30. The van der Waals surface area contributed by atoms with Gasteiger partial charge in [0.15, 0.2) is 5.82 Å². The minimum absolute atomic E-state index is 0.557. The van der Waals surface area contributed by atoms with Crippen LogP contribution in [0.4, 0.5) is 17.3 Å². The van der Waals surface area contributed by atoms with Crippen molar-refractivity contribution >= 4 is 17.3 Å². The van der Waals surface area contributed by atoms with Gasteiger partial charge in [0.2, 0.25) is 5.95 Å². The molecular formula is C21H25N7O. The molecule has 8 heteroatoms. The Labute approximate surface area is 170 Å². The maximum absolute atomic E-state index is 5.34. The Morgan fingerprint density at radius 3 is 2.62 bits per heavy atom. The molecule has 0 atom stereocenters. The molecule has 4 heterocycles. The summed E-state index contributed by atoms with van der Waals surface area (Å²) in [6.07, 6.45) is 3.42. The summed E-state index contributed by atoms with van der Waals surface area (Å²) in [5, 5.41) is 7.83. The van der Waals surface area contributed by atoms with E-state index in [9.17, 15) is 0 Å². The van der Waals surface area contributed by atoms with Crippen molar-refractivity contribution in [3.05, 3.63) is 54.5 Å². The molecule has 150 valence electrons. The van der Waals surface area contributed by atoms with E-state index in [2.05, 4.69) is 55.3 Å². The monoisotopic (exact) mass is 391 g/mol. The van der Waals surface area contributed by atoms with Gasteiger partial charge in [-0.25, -0.2) is 9.67 Å². The molecule has 2 aliphatic rings. The molecule has 1 aromatic carbocycles. The van der Waals surface area contributed by atoms with Gasteiger partial charge in [-0.2, -0.15) is 4.98 Å². The highest BCUT2D eigenvalue weighted by molar-refractivity contribution is 5.64. The lowest BCUT2D eigenvalue weighted by molar-refractivity contribution is -0.0660. The molecule has 29 heavy (non-hydrogen) atoms. The van der Waals surface area contributed by atoms with E-state index in [1.54, 1.807) is 17.2 Å². The second-order valence-electron chi connectivity index (χ2n) is 7.60. The molecule has 1 N–H and O–H groups in total. The molecular weight excluding hydrogens is 366 g/mol. The molecule has 0 aliphatic carbocycles. The fourth-order valence-electron chi connectivity index (χ4n) is 3.85. The van der Waals surface area contributed by atoms with Crippen molar-refractivity contribution in [3.8, 4) is 5.82 Å². The smallest absolute Gasteiger partial charge is 0.247 e. The first-order valence-electron chi connectivity index (χ1n) is 10.0. The maximum Gasteiger partial charge on any atom is 0.247 e. The highest BCUT2D eigenvalue weighted by atomic mass is 16.5. The Morgan fingerprint density at radius 1 is 1.03 bits per heavy atom. The van der Waals surface area contributed by atoms with Crippen LogP contribution in [0.3, 0.4) is 0 Å². The average Bonchev–Trinajstić information content (AvgIpc) is 3.16. The first-order valence-corrected chi connectivity index (χ1v) is 10.0. The fraction of sp³-hybridized carbons (Fsp3) is 0.381. The summed E-state index contributed by atoms with van der Waals surface area (Å²) in [6.45, 7) is 8.13. The van der Waals surface area contributed by atoms with Crippen LogP contribution in [0.1, 0.15) is 5.56 Å². The van der Waals surface area contributed by atoms with Crippen LogP contribution in [0, 0.1) is 6.92 Å². The summed E-state index contributed by atoms with van der Waals surface area (Å²) in [7, 11) is 0. The number of nitrogens with one attached hydrogen (secondary N) is 1. The first kappa shape index (κ1) is 18.1. The van der Waals surface area contributed by atoms with Crippen LogP contribution < -0.4 is 10.2 Å². The first-order chi connectivity index (χ1) is 14.2. The van der Waals surface area contributed by atoms with E-state index < -0.39 is 0 Å². The number of nitrogens with zero attached hydrogens (tertiary/aromatic N) is 6. The summed E-state index contributed by atoms with van der Waals surface area (Å²) in [5.41, 5.74) is 3.44. The van der Waals surface area contributed by atoms with E-state index in [0.717, 1.165) is 50.9 Å². The Kier molecular flexibility index (Phi) is 4.87. The number of ether oxygens (including phenoxy) is 1. The van der Waals surface area contributed by atoms with E-state index in [1.165, 1.54) is 11.3 Å². The Balaban J connectivity index is 1.28. The summed E-state index contributed by atoms with van der Waals surface area (Å²) < 4.78 is 7.01. The van der Waals surface area contributed by atoms with Crippen molar-refractivity contribution in [2.45, 2.75) is 13.0 Å². The molecule has 0 radical (unpaired) electrons. The number of rotatable bonds is 5. The normalized spacial score (nSPS) is 17.9. The third-order valence-electron chi connectivity index (χ3n) is 5.51. The van der Waals surface area contributed by atoms with Crippen molar-refractivity contribution < 1.29 is 4.74 Å². The quantitative estimate of drug-likeness (QED) is 0.715. The molecule has 2 aromatic heterocycles. The molecule has 8 nitrogen and oxygen atoms in total. The van der Waals surface area contributed by atoms with Crippen molar-refractivity contribution in [2.24, 2.45) is 0 Å². The molecule has 2 fully saturated rings. The van der Waals surface area contributed by atoms with Crippen molar-refractivity contribution in [1.82, 2.24) is 24.6 Å². The number of pyridine rings is 1. The second kappa shape index (κ2) is 7.81. The number of hydrogen-bond donors (Lipinski definition) is 1. The third-order valence-corrected chi connectivity index (χ3v) is 5.51. The molecule has 3 aromatic rings. The fourth-order valence-corrected chi connectivity index (χ4v) is 3.85. The molecule has 0 saturated carbocycles. The lowest BCUT2D eigenvalue weighted by atomic mass is 10.1. The zero-order valence-electron chi connectivity index (χ0n) is 16.5. The minimum atomic E-state index is 0.557. The summed E-state index contributed by atoms with van der Waals surface area (Å²) in [6, 6.07) is 12.9. The third kappa shape index (κ3) is 3.94. The van der Waals surface area contributed by atoms with Crippen molar-refractivity contribution in [3.63, 3.8) is 0 Å². The lowest BCUT2D eigenvalue weighted by Gasteiger charge is -2.43. The zero-order chi connectivity index (χ0) is 19.6. The molecule has 2 aliphatic heterocycles. The summed E-state index contributed by atoms with van der Waals surface area (Å²) in [4.78, 5) is 13.7. The Bertz CT molecular complexity index is 962. The van der Waals surface area contributed by atoms with E-state index in [4.69, 9.17) is 4.74 Å². The van der Waals surface area contributed by atoms with Crippen LogP contribution in [-0.2, 0) is 4.74 Å². The number of aryl methyl sites for hydroxylation is 1. The largest absolute Gasteiger partial charge is 0.378 e. The molecule has 0 bridgehead atoms. The van der Waals surface area contributed by atoms with Crippen LogP contribution in [0.15, 0.2) is 48.9 Å². The molecule has 0 unspecified atom stereocenters. The number of anilines is 3. The van der Waals surface area contributed by atoms with E-state index in [1.807, 2.05) is 18.2 Å². The highest BCUT2D eigenvalue weighted by Crippen LogP contribution is 2.26. The molecule has 2 saturated heterocycles. The zero-order valence-corrected chi connectivity index (χ0v) is 16.5. The van der Waals surface area contributed by atoms with E-state index in [-0.39, 0.29) is 0 Å². The van der Waals surface area contributed by atoms with Gasteiger partial charge in [0, 0.05) is 43.8 Å². The molecule has 0 spiro atoms.